The number of amides is 2. The summed E-state index contributed by atoms with van der Waals surface area (Å²) in [4.78, 5) is 40.6. The van der Waals surface area contributed by atoms with Gasteiger partial charge in [0.25, 0.3) is 11.8 Å². The van der Waals surface area contributed by atoms with Gasteiger partial charge >= 0.3 is 0 Å². The predicted molar refractivity (Wildman–Crippen MR) is 155 cm³/mol. The predicted octanol–water partition coefficient (Wildman–Crippen LogP) is 0.749. The molecular formula is C26H34ClN11O3. The van der Waals surface area contributed by atoms with Crippen molar-refractivity contribution in [3.8, 4) is 5.69 Å². The minimum atomic E-state index is -0.522. The molecule has 0 atom stereocenters. The fourth-order valence-corrected chi connectivity index (χ4v) is 4.95. The summed E-state index contributed by atoms with van der Waals surface area (Å²) in [7, 11) is 2.08. The van der Waals surface area contributed by atoms with Gasteiger partial charge in [-0.15, -0.1) is 5.10 Å². The van der Waals surface area contributed by atoms with Gasteiger partial charge in [0, 0.05) is 45.8 Å². The highest BCUT2D eigenvalue weighted by Crippen LogP contribution is 2.30. The first kappa shape index (κ1) is 28.7. The Kier molecular flexibility index (Phi) is 9.24. The van der Waals surface area contributed by atoms with Crippen LogP contribution in [0, 0.1) is 0 Å². The number of nitrogens with one attached hydrogen (secondary N) is 2. The van der Waals surface area contributed by atoms with Crippen molar-refractivity contribution in [1.29, 1.82) is 0 Å². The molecule has 4 N–H and O–H groups in total. The minimum absolute atomic E-state index is 0.0380. The number of likely N-dealkylation sites (N-methyl/N-ethyl adjacent to an activating group) is 1. The zero-order chi connectivity index (χ0) is 28.8. The Morgan fingerprint density at radius 2 is 1.88 bits per heavy atom. The van der Waals surface area contributed by atoms with Crippen molar-refractivity contribution in [2.75, 3.05) is 88.6 Å². The maximum Gasteiger partial charge on any atom is 0.277 e. The number of rotatable bonds is 9. The van der Waals surface area contributed by atoms with Crippen LogP contribution < -0.4 is 21.3 Å². The summed E-state index contributed by atoms with van der Waals surface area (Å²) >= 11 is 6.14. The smallest absolute Gasteiger partial charge is 0.277 e. The summed E-state index contributed by atoms with van der Waals surface area (Å²) in [6.45, 7) is 8.13. The van der Waals surface area contributed by atoms with Gasteiger partial charge in [0.15, 0.2) is 16.5 Å². The average molecular weight is 584 g/mol. The average Bonchev–Trinajstić information content (AvgIpc) is 3.47. The van der Waals surface area contributed by atoms with Gasteiger partial charge in [-0.25, -0.2) is 14.6 Å². The molecule has 0 radical (unpaired) electrons. The molecule has 218 valence electrons. The Balaban J connectivity index is 1.30. The van der Waals surface area contributed by atoms with Crippen LogP contribution in [0.25, 0.3) is 5.69 Å². The summed E-state index contributed by atoms with van der Waals surface area (Å²) in [6, 6.07) is 5.57. The summed E-state index contributed by atoms with van der Waals surface area (Å²) in [5.41, 5.74) is 7.80. The monoisotopic (exact) mass is 583 g/mol. The first-order valence-corrected chi connectivity index (χ1v) is 13.9. The van der Waals surface area contributed by atoms with Crippen LogP contribution in [0.15, 0.2) is 30.6 Å². The Morgan fingerprint density at radius 3 is 2.63 bits per heavy atom. The molecule has 2 aromatic heterocycles. The number of nitrogen functional groups attached to an aromatic ring is 1. The molecule has 15 heteroatoms. The van der Waals surface area contributed by atoms with Crippen molar-refractivity contribution in [2.24, 2.45) is 0 Å². The molecule has 14 nitrogen and oxygen atoms in total. The van der Waals surface area contributed by atoms with E-state index in [4.69, 9.17) is 22.1 Å². The summed E-state index contributed by atoms with van der Waals surface area (Å²) in [5.74, 6) is -0.696. The van der Waals surface area contributed by atoms with Gasteiger partial charge in [0.2, 0.25) is 0 Å². The molecule has 0 saturated carbocycles. The molecular weight excluding hydrogens is 550 g/mol. The van der Waals surface area contributed by atoms with E-state index in [1.807, 2.05) is 12.1 Å². The van der Waals surface area contributed by atoms with Crippen molar-refractivity contribution < 1.29 is 14.3 Å². The third-order valence-corrected chi connectivity index (χ3v) is 7.33. The maximum atomic E-state index is 13.1. The van der Waals surface area contributed by atoms with Crippen LogP contribution in [0.1, 0.15) is 27.4 Å². The molecule has 2 aliphatic heterocycles. The first-order valence-electron chi connectivity index (χ1n) is 13.6. The number of hydrogen-bond donors (Lipinski definition) is 3. The highest BCUT2D eigenvalue weighted by atomic mass is 35.5. The van der Waals surface area contributed by atoms with E-state index in [1.54, 1.807) is 12.3 Å². The number of morpholine rings is 1. The number of ether oxygens (including phenoxy) is 1. The van der Waals surface area contributed by atoms with Crippen LogP contribution in [0.4, 0.5) is 17.2 Å². The number of nitrogens with zero attached hydrogens (tertiary/aromatic N) is 8. The molecule has 0 spiro atoms. The fraction of sp³-hybridized carbons (Fsp3) is 0.462. The Bertz CT molecular complexity index is 1370. The minimum Gasteiger partial charge on any atom is -0.382 e. The highest BCUT2D eigenvalue weighted by Gasteiger charge is 2.22. The molecule has 0 aliphatic carbocycles. The number of carbonyl (C=O) groups is 2. The fourth-order valence-electron chi connectivity index (χ4n) is 4.72. The molecule has 5 rings (SSSR count). The van der Waals surface area contributed by atoms with Crippen molar-refractivity contribution in [2.45, 2.75) is 6.42 Å². The van der Waals surface area contributed by atoms with Gasteiger partial charge in [-0.3, -0.25) is 14.5 Å². The van der Waals surface area contributed by atoms with E-state index in [1.165, 1.54) is 10.9 Å². The normalized spacial score (nSPS) is 16.5. The molecule has 3 aromatic rings. The molecule has 2 fully saturated rings. The van der Waals surface area contributed by atoms with E-state index in [0.717, 1.165) is 71.1 Å². The van der Waals surface area contributed by atoms with E-state index in [2.05, 4.69) is 52.7 Å². The molecule has 4 heterocycles. The number of nitrogens with two attached hydrogens (primary N) is 1. The lowest BCUT2D eigenvalue weighted by atomic mass is 10.2. The highest BCUT2D eigenvalue weighted by molar-refractivity contribution is 6.33. The molecule has 2 aliphatic rings. The molecule has 41 heavy (non-hydrogen) atoms. The van der Waals surface area contributed by atoms with Crippen molar-refractivity contribution >= 4 is 40.6 Å². The van der Waals surface area contributed by atoms with Gasteiger partial charge in [-0.1, -0.05) is 16.8 Å². The van der Waals surface area contributed by atoms with Crippen molar-refractivity contribution in [3.05, 3.63) is 47.1 Å². The van der Waals surface area contributed by atoms with Crippen molar-refractivity contribution in [3.63, 3.8) is 0 Å². The second-order valence-corrected chi connectivity index (χ2v) is 10.4. The van der Waals surface area contributed by atoms with Gasteiger partial charge in [0.05, 0.1) is 42.7 Å². The number of anilines is 3. The maximum absolute atomic E-state index is 13.1. The molecule has 1 aromatic carbocycles. The molecule has 0 bridgehead atoms. The summed E-state index contributed by atoms with van der Waals surface area (Å²) < 4.78 is 6.87. The molecule has 2 amide bonds. The summed E-state index contributed by atoms with van der Waals surface area (Å²) in [5, 5.41) is 14.0. The van der Waals surface area contributed by atoms with E-state index >= 15 is 0 Å². The van der Waals surface area contributed by atoms with Gasteiger partial charge in [-0.05, 0) is 38.2 Å². The zero-order valence-corrected chi connectivity index (χ0v) is 23.7. The first-order chi connectivity index (χ1) is 19.9. The van der Waals surface area contributed by atoms with Crippen LogP contribution >= 0.6 is 11.6 Å². The molecule has 2 saturated heterocycles. The van der Waals surface area contributed by atoms with Crippen LogP contribution in [-0.4, -0.2) is 119 Å². The standard InChI is InChI=1S/C26H34ClN11O3/c1-35-7-9-37(10-8-35)21-4-3-18(15-19(21)31-26(40)23-24(27)32-22(28)16-30-23)38-17-20(33-34-38)25(39)29-5-2-6-36-11-13-41-14-12-36/h3-4,15-17H,2,5-14H2,1H3,(H2,28,32)(H,29,39)(H,31,40). The van der Waals surface area contributed by atoms with E-state index < -0.39 is 5.91 Å². The number of piperazine rings is 1. The van der Waals surface area contributed by atoms with Gasteiger partial charge in [-0.2, -0.15) is 0 Å². The number of carbonyl (C=O) groups excluding carboxylic acids is 2. The Hall–Kier alpha value is -3.85. The van der Waals surface area contributed by atoms with Gasteiger partial charge in [0.1, 0.15) is 5.82 Å². The van der Waals surface area contributed by atoms with Gasteiger partial charge < -0.3 is 30.9 Å². The number of benzene rings is 1. The third-order valence-electron chi connectivity index (χ3n) is 7.07. The largest absolute Gasteiger partial charge is 0.382 e. The van der Waals surface area contributed by atoms with E-state index in [0.29, 0.717) is 17.9 Å². The van der Waals surface area contributed by atoms with Crippen molar-refractivity contribution in [1.82, 2.24) is 40.1 Å². The summed E-state index contributed by atoms with van der Waals surface area (Å²) in [6.07, 6.45) is 3.68. The number of halogens is 1. The van der Waals surface area contributed by atoms with Crippen LogP contribution in [-0.2, 0) is 4.74 Å². The second-order valence-electron chi connectivity index (χ2n) is 9.99. The third kappa shape index (κ3) is 7.27. The number of hydrogen-bond acceptors (Lipinski definition) is 11. The lowest BCUT2D eigenvalue weighted by Gasteiger charge is -2.35. The second kappa shape index (κ2) is 13.2. The lowest BCUT2D eigenvalue weighted by Crippen LogP contribution is -2.44. The quantitative estimate of drug-likeness (QED) is 0.305. The van der Waals surface area contributed by atoms with E-state index in [-0.39, 0.29) is 28.3 Å². The van der Waals surface area contributed by atoms with Crippen LogP contribution in [0.3, 0.4) is 0 Å². The topological polar surface area (TPSA) is 160 Å². The zero-order valence-electron chi connectivity index (χ0n) is 22.9. The van der Waals surface area contributed by atoms with Crippen LogP contribution in [0.2, 0.25) is 5.15 Å². The van der Waals surface area contributed by atoms with E-state index in [9.17, 15) is 9.59 Å². The Morgan fingerprint density at radius 1 is 1.10 bits per heavy atom. The van der Waals surface area contributed by atoms with Crippen LogP contribution in [0.5, 0.6) is 0 Å². The number of aromatic nitrogens is 5. The molecule has 0 unspecified atom stereocenters. The lowest BCUT2D eigenvalue weighted by molar-refractivity contribution is 0.0374. The SMILES string of the molecule is CN1CCN(c2ccc(-n3cc(C(=O)NCCCN4CCOCC4)nn3)cc2NC(=O)c2ncc(N)nc2Cl)CC1. The Labute approximate surface area is 242 Å².